The van der Waals surface area contributed by atoms with E-state index in [0.717, 1.165) is 19.5 Å². The van der Waals surface area contributed by atoms with Gasteiger partial charge in [0.05, 0.1) is 6.20 Å². The average Bonchev–Trinajstić information content (AvgIpc) is 2.78. The topological polar surface area (TPSA) is 47.1 Å². The first-order valence-electron chi connectivity index (χ1n) is 7.16. The molecule has 0 unspecified atom stereocenters. The number of rotatable bonds is 5. The Morgan fingerprint density at radius 3 is 2.78 bits per heavy atom. The Morgan fingerprint density at radius 2 is 2.11 bits per heavy atom. The highest BCUT2D eigenvalue weighted by molar-refractivity contribution is 5.04. The first kappa shape index (κ1) is 13.6. The van der Waals surface area contributed by atoms with E-state index in [9.17, 15) is 0 Å². The summed E-state index contributed by atoms with van der Waals surface area (Å²) < 4.78 is 2.04. The van der Waals surface area contributed by atoms with Crippen molar-refractivity contribution in [2.24, 2.45) is 5.73 Å². The third-order valence-corrected chi connectivity index (χ3v) is 3.94. The molecule has 0 spiro atoms. The molecule has 2 rings (SSSR count). The molecule has 0 aromatic carbocycles. The lowest BCUT2D eigenvalue weighted by atomic mass is 9.91. The number of aromatic nitrogens is 2. The highest BCUT2D eigenvalue weighted by atomic mass is 15.3. The quantitative estimate of drug-likeness (QED) is 0.869. The average molecular weight is 250 g/mol. The van der Waals surface area contributed by atoms with Gasteiger partial charge in [-0.3, -0.25) is 9.58 Å². The van der Waals surface area contributed by atoms with E-state index in [0.29, 0.717) is 12.1 Å². The zero-order valence-corrected chi connectivity index (χ0v) is 11.7. The van der Waals surface area contributed by atoms with Crippen LogP contribution in [0.2, 0.25) is 0 Å². The minimum atomic E-state index is 0.432. The van der Waals surface area contributed by atoms with E-state index in [2.05, 4.69) is 30.2 Å². The Balaban J connectivity index is 1.84. The largest absolute Gasteiger partial charge is 0.328 e. The summed E-state index contributed by atoms with van der Waals surface area (Å²) in [4.78, 5) is 2.46. The number of nitrogens with zero attached hydrogens (tertiary/aromatic N) is 3. The summed E-state index contributed by atoms with van der Waals surface area (Å²) in [6.45, 7) is 4.20. The van der Waals surface area contributed by atoms with Crippen LogP contribution in [0.3, 0.4) is 0 Å². The van der Waals surface area contributed by atoms with Gasteiger partial charge in [-0.15, -0.1) is 0 Å². The number of aryl methyl sites for hydroxylation is 1. The maximum absolute atomic E-state index is 5.95. The van der Waals surface area contributed by atoms with Crippen LogP contribution >= 0.6 is 0 Å². The first-order valence-corrected chi connectivity index (χ1v) is 7.16. The first-order chi connectivity index (χ1) is 8.69. The van der Waals surface area contributed by atoms with Crippen LogP contribution in [0.25, 0.3) is 0 Å². The maximum Gasteiger partial charge on any atom is 0.0534 e. The molecular weight excluding hydrogens is 224 g/mol. The van der Waals surface area contributed by atoms with Crippen LogP contribution in [0.15, 0.2) is 12.4 Å². The number of hydrogen-bond acceptors (Lipinski definition) is 3. The van der Waals surface area contributed by atoms with E-state index in [-0.39, 0.29) is 0 Å². The van der Waals surface area contributed by atoms with Crippen LogP contribution in [0.1, 0.15) is 44.6 Å². The van der Waals surface area contributed by atoms with Gasteiger partial charge in [-0.2, -0.15) is 5.10 Å². The summed E-state index contributed by atoms with van der Waals surface area (Å²) in [5.41, 5.74) is 7.27. The molecule has 0 saturated heterocycles. The SMILES string of the molecule is CCCn1cc(CN(C)C2CCC(N)CC2)cn1. The fraction of sp³-hybridized carbons (Fsp3) is 0.786. The van der Waals surface area contributed by atoms with Gasteiger partial charge in [0, 0.05) is 36.9 Å². The summed E-state index contributed by atoms with van der Waals surface area (Å²) in [5.74, 6) is 0. The van der Waals surface area contributed by atoms with Crippen LogP contribution in [-0.4, -0.2) is 33.8 Å². The van der Waals surface area contributed by atoms with Crippen LogP contribution in [0.4, 0.5) is 0 Å². The van der Waals surface area contributed by atoms with Crippen molar-refractivity contribution in [3.63, 3.8) is 0 Å². The second-order valence-corrected chi connectivity index (χ2v) is 5.60. The van der Waals surface area contributed by atoms with Gasteiger partial charge in [0.1, 0.15) is 0 Å². The maximum atomic E-state index is 5.95. The third-order valence-electron chi connectivity index (χ3n) is 3.94. The van der Waals surface area contributed by atoms with Crippen molar-refractivity contribution in [3.05, 3.63) is 18.0 Å². The molecule has 0 radical (unpaired) electrons. The minimum absolute atomic E-state index is 0.432. The molecule has 0 bridgehead atoms. The summed E-state index contributed by atoms with van der Waals surface area (Å²) in [7, 11) is 2.22. The summed E-state index contributed by atoms with van der Waals surface area (Å²) in [5, 5.41) is 4.39. The van der Waals surface area contributed by atoms with E-state index in [1.54, 1.807) is 0 Å². The molecule has 1 aromatic heterocycles. The molecule has 1 aliphatic rings. The smallest absolute Gasteiger partial charge is 0.0534 e. The van der Waals surface area contributed by atoms with E-state index in [1.807, 2.05) is 10.9 Å². The van der Waals surface area contributed by atoms with Gasteiger partial charge >= 0.3 is 0 Å². The van der Waals surface area contributed by atoms with Gasteiger partial charge in [-0.1, -0.05) is 6.92 Å². The zero-order valence-electron chi connectivity index (χ0n) is 11.7. The molecule has 1 saturated carbocycles. The summed E-state index contributed by atoms with van der Waals surface area (Å²) in [6.07, 6.45) is 10.1. The highest BCUT2D eigenvalue weighted by Crippen LogP contribution is 2.22. The lowest BCUT2D eigenvalue weighted by Gasteiger charge is -2.33. The van der Waals surface area contributed by atoms with Crippen molar-refractivity contribution in [1.29, 1.82) is 0 Å². The van der Waals surface area contributed by atoms with Gasteiger partial charge in [0.15, 0.2) is 0 Å². The molecule has 0 atom stereocenters. The molecule has 4 heteroatoms. The van der Waals surface area contributed by atoms with Crippen molar-refractivity contribution in [2.45, 2.75) is 64.2 Å². The molecule has 1 aliphatic carbocycles. The lowest BCUT2D eigenvalue weighted by molar-refractivity contribution is 0.176. The van der Waals surface area contributed by atoms with Crippen LogP contribution in [0, 0.1) is 0 Å². The Kier molecular flexibility index (Phi) is 4.78. The standard InChI is InChI=1S/C14H26N4/c1-3-8-18-11-12(9-16-18)10-17(2)14-6-4-13(15)5-7-14/h9,11,13-14H,3-8,10,15H2,1-2H3. The molecule has 2 N–H and O–H groups in total. The molecule has 18 heavy (non-hydrogen) atoms. The van der Waals surface area contributed by atoms with E-state index < -0.39 is 0 Å². The molecule has 0 aliphatic heterocycles. The van der Waals surface area contributed by atoms with E-state index in [4.69, 9.17) is 5.73 Å². The van der Waals surface area contributed by atoms with Gasteiger partial charge in [0.2, 0.25) is 0 Å². The van der Waals surface area contributed by atoms with Gasteiger partial charge < -0.3 is 5.73 Å². The van der Waals surface area contributed by atoms with E-state index in [1.165, 1.54) is 31.2 Å². The molecule has 1 fully saturated rings. The van der Waals surface area contributed by atoms with Crippen LogP contribution < -0.4 is 5.73 Å². The Morgan fingerprint density at radius 1 is 1.39 bits per heavy atom. The lowest BCUT2D eigenvalue weighted by Crippen LogP contribution is -2.38. The second-order valence-electron chi connectivity index (χ2n) is 5.60. The van der Waals surface area contributed by atoms with Crippen LogP contribution in [-0.2, 0) is 13.1 Å². The summed E-state index contributed by atoms with van der Waals surface area (Å²) in [6, 6.07) is 1.13. The van der Waals surface area contributed by atoms with Gasteiger partial charge in [-0.25, -0.2) is 0 Å². The second kappa shape index (κ2) is 6.34. The predicted molar refractivity (Wildman–Crippen MR) is 74.2 cm³/mol. The molecule has 1 aromatic rings. The van der Waals surface area contributed by atoms with Crippen molar-refractivity contribution >= 4 is 0 Å². The minimum Gasteiger partial charge on any atom is -0.328 e. The molecule has 102 valence electrons. The number of nitrogens with two attached hydrogens (primary N) is 1. The molecular formula is C14H26N4. The zero-order chi connectivity index (χ0) is 13.0. The molecule has 0 amide bonds. The monoisotopic (exact) mass is 250 g/mol. The molecule has 1 heterocycles. The third kappa shape index (κ3) is 3.56. The van der Waals surface area contributed by atoms with Gasteiger partial charge in [0.25, 0.3) is 0 Å². The normalized spacial score (nSPS) is 24.7. The molecule has 4 nitrogen and oxygen atoms in total. The van der Waals surface area contributed by atoms with Gasteiger partial charge in [-0.05, 0) is 39.2 Å². The Labute approximate surface area is 110 Å². The van der Waals surface area contributed by atoms with Crippen molar-refractivity contribution in [2.75, 3.05) is 7.05 Å². The van der Waals surface area contributed by atoms with Crippen molar-refractivity contribution < 1.29 is 0 Å². The van der Waals surface area contributed by atoms with Crippen LogP contribution in [0.5, 0.6) is 0 Å². The fourth-order valence-corrected chi connectivity index (χ4v) is 2.80. The highest BCUT2D eigenvalue weighted by Gasteiger charge is 2.22. The van der Waals surface area contributed by atoms with Crippen molar-refractivity contribution in [1.82, 2.24) is 14.7 Å². The fourth-order valence-electron chi connectivity index (χ4n) is 2.80. The number of hydrogen-bond donors (Lipinski definition) is 1. The Hall–Kier alpha value is -0.870. The van der Waals surface area contributed by atoms with Crippen molar-refractivity contribution in [3.8, 4) is 0 Å². The Bertz CT molecular complexity index is 352. The van der Waals surface area contributed by atoms with E-state index >= 15 is 0 Å². The predicted octanol–water partition coefficient (Wildman–Crippen LogP) is 1.99. The summed E-state index contributed by atoms with van der Waals surface area (Å²) >= 11 is 0.